The van der Waals surface area contributed by atoms with Crippen LogP contribution in [0, 0.1) is 12.1 Å². The van der Waals surface area contributed by atoms with Gasteiger partial charge in [-0.2, -0.15) is 0 Å². The molecule has 0 bridgehead atoms. The molecule has 0 aliphatic heterocycles. The van der Waals surface area contributed by atoms with Gasteiger partial charge in [0.2, 0.25) is 0 Å². The Morgan fingerprint density at radius 1 is 0.648 bits per heavy atom. The van der Waals surface area contributed by atoms with Gasteiger partial charge in [0.25, 0.3) is 0 Å². The molecule has 0 amide bonds. The van der Waals surface area contributed by atoms with Crippen LogP contribution in [-0.2, 0) is 20.1 Å². The molecular weight excluding hydrogens is 897 g/mol. The van der Waals surface area contributed by atoms with Crippen LogP contribution < -0.4 is 4.40 Å². The van der Waals surface area contributed by atoms with Crippen molar-refractivity contribution in [3.8, 4) is 44.8 Å². The zero-order chi connectivity index (χ0) is 37.1. The molecule has 1 radical (unpaired) electrons. The fourth-order valence-electron chi connectivity index (χ4n) is 7.22. The molecule has 5 heteroatoms. The number of hydrogen-bond acceptors (Lipinski definition) is 3. The van der Waals surface area contributed by atoms with Gasteiger partial charge in [0.15, 0.2) is 0 Å². The van der Waals surface area contributed by atoms with Crippen LogP contribution >= 0.6 is 0 Å². The Labute approximate surface area is 337 Å². The number of nitrogens with zero attached hydrogens (tertiary/aromatic N) is 2. The summed E-state index contributed by atoms with van der Waals surface area (Å²) < 4.78 is 16.8. The van der Waals surface area contributed by atoms with E-state index in [0.717, 1.165) is 81.3 Å². The van der Waals surface area contributed by atoms with Crippen LogP contribution in [0.2, 0.25) is 17.3 Å². The number of benzene rings is 5. The van der Waals surface area contributed by atoms with E-state index in [0.29, 0.717) is 0 Å². The van der Waals surface area contributed by atoms with Crippen molar-refractivity contribution in [3.63, 3.8) is 0 Å². The van der Waals surface area contributed by atoms with Crippen LogP contribution in [0.4, 0.5) is 0 Å². The Balaban J connectivity index is 0.000000178. The third-order valence-corrected chi connectivity index (χ3v) is 14.5. The number of fused-ring (bicyclic) bond motifs is 3. The molecule has 1 aliphatic rings. The molecule has 0 unspecified atom stereocenters. The van der Waals surface area contributed by atoms with Crippen molar-refractivity contribution < 1.29 is 25.9 Å². The first-order valence-corrected chi connectivity index (χ1v) is 26.0. The van der Waals surface area contributed by atoms with Gasteiger partial charge in [0.05, 0.1) is 5.58 Å². The molecule has 0 N–H and O–H groups in total. The standard InChI is InChI=1S/C29H24NO.C20H20GeN.Ir/c1-3-8-20(9-4-1)22-14-15-24-25-12-7-13-26(29(25)31-28(24)19-22)27-18-23(16-17-30-27)21-10-5-2-6-11-21;1-21(2,3)19-12-13-20(22-15-19)18-11-7-10-17(14-18)16-8-5-4-6-9-16;/h1,3-4,7-9,12,14-19,21H,2,5-6,10-11H2;4-10,12-15H,1-3H3;/q2*-1;/i21D;;. The van der Waals surface area contributed by atoms with E-state index in [4.69, 9.17) is 5.79 Å². The van der Waals surface area contributed by atoms with Crippen molar-refractivity contribution in [2.24, 2.45) is 0 Å². The average Bonchev–Trinajstić information content (AvgIpc) is 3.60. The van der Waals surface area contributed by atoms with Crippen LogP contribution in [0.1, 0.15) is 44.9 Å². The van der Waals surface area contributed by atoms with Crippen molar-refractivity contribution in [1.82, 2.24) is 9.97 Å². The van der Waals surface area contributed by atoms with Gasteiger partial charge in [-0.3, -0.25) is 0 Å². The molecule has 271 valence electrons. The van der Waals surface area contributed by atoms with Gasteiger partial charge in [0.1, 0.15) is 5.58 Å². The maximum absolute atomic E-state index is 9.02. The molecule has 54 heavy (non-hydrogen) atoms. The zero-order valence-electron chi connectivity index (χ0n) is 32.0. The van der Waals surface area contributed by atoms with E-state index in [2.05, 4.69) is 149 Å². The zero-order valence-corrected chi connectivity index (χ0v) is 35.5. The summed E-state index contributed by atoms with van der Waals surface area (Å²) in [5.74, 6) is 6.65. The molecule has 3 nitrogen and oxygen atoms in total. The fourth-order valence-corrected chi connectivity index (χ4v) is 9.39. The Morgan fingerprint density at radius 3 is 2.04 bits per heavy atom. The van der Waals surface area contributed by atoms with Crippen LogP contribution in [-0.4, -0.2) is 23.2 Å². The summed E-state index contributed by atoms with van der Waals surface area (Å²) in [6.07, 6.45) is 9.19. The topological polar surface area (TPSA) is 38.9 Å². The predicted octanol–water partition coefficient (Wildman–Crippen LogP) is 12.9. The fraction of sp³-hybridized carbons (Fsp3) is 0.184. The largest absolute Gasteiger partial charge is 0 e. The first kappa shape index (κ1) is 36.4. The normalized spacial score (nSPS) is 14.1. The molecular formula is C49H44GeIrN2O-2. The first-order chi connectivity index (χ1) is 26.2. The Morgan fingerprint density at radius 2 is 1.35 bits per heavy atom. The smallest absolute Gasteiger partial charge is 0 e. The van der Waals surface area contributed by atoms with Gasteiger partial charge < -0.3 is 9.40 Å². The molecule has 0 atom stereocenters. The Hall–Kier alpha value is -4.61. The summed E-state index contributed by atoms with van der Waals surface area (Å²) in [6, 6.07) is 52.5. The minimum atomic E-state index is -1.79. The molecule has 5 aromatic carbocycles. The van der Waals surface area contributed by atoms with Gasteiger partial charge in [-0.1, -0.05) is 84.3 Å². The average molecular weight is 943 g/mol. The van der Waals surface area contributed by atoms with Gasteiger partial charge in [-0.25, -0.2) is 0 Å². The molecule has 0 saturated heterocycles. The second-order valence-corrected chi connectivity index (χ2v) is 25.6. The minimum Gasteiger partial charge on any atom is 0 e. The third kappa shape index (κ3) is 8.37. The number of rotatable bonds is 6. The molecule has 3 heterocycles. The van der Waals surface area contributed by atoms with E-state index >= 15 is 0 Å². The SMILES string of the molecule is [2H]C1(c2ccnc(-c3[c-]ccc4c3oc3cc(-c5ccccc5)ccc34)c2)CCCCC1.[CH3][Ge]([CH3])([CH3])[c]1ccc(-c2[c-]ccc(-c3ccccc3)c2)nc1.[Ir]. The van der Waals surface area contributed by atoms with E-state index in [-0.39, 0.29) is 20.1 Å². The number of aromatic nitrogens is 2. The van der Waals surface area contributed by atoms with Crippen LogP contribution in [0.15, 0.2) is 150 Å². The molecule has 1 saturated carbocycles. The van der Waals surface area contributed by atoms with Crippen molar-refractivity contribution in [3.05, 3.63) is 164 Å². The quantitative estimate of drug-likeness (QED) is 0.123. The van der Waals surface area contributed by atoms with Gasteiger partial charge in [-0.15, -0.1) is 18.2 Å². The summed E-state index contributed by atoms with van der Waals surface area (Å²) >= 11 is -1.79. The van der Waals surface area contributed by atoms with Crippen molar-refractivity contribution in [2.75, 3.05) is 0 Å². The minimum absolute atomic E-state index is 0. The van der Waals surface area contributed by atoms with Gasteiger partial charge in [-0.05, 0) is 47.7 Å². The summed E-state index contributed by atoms with van der Waals surface area (Å²) in [4.78, 5) is 9.31. The summed E-state index contributed by atoms with van der Waals surface area (Å²) in [5, 5.41) is 2.16. The van der Waals surface area contributed by atoms with E-state index in [1.165, 1.54) is 27.5 Å². The number of hydrogen-bond donors (Lipinski definition) is 0. The van der Waals surface area contributed by atoms with Crippen molar-refractivity contribution >= 4 is 39.6 Å². The van der Waals surface area contributed by atoms with E-state index in [1.54, 1.807) is 0 Å². The van der Waals surface area contributed by atoms with Crippen LogP contribution in [0.3, 0.4) is 0 Å². The van der Waals surface area contributed by atoms with Crippen LogP contribution in [0.25, 0.3) is 66.7 Å². The third-order valence-electron chi connectivity index (χ3n) is 10.2. The number of pyridine rings is 2. The molecule has 8 aromatic rings. The van der Waals surface area contributed by atoms with E-state index < -0.39 is 19.2 Å². The summed E-state index contributed by atoms with van der Waals surface area (Å²) in [6.45, 7) is 0. The maximum atomic E-state index is 9.02. The van der Waals surface area contributed by atoms with Crippen molar-refractivity contribution in [2.45, 2.75) is 55.3 Å². The van der Waals surface area contributed by atoms with Crippen molar-refractivity contribution in [1.29, 1.82) is 0 Å². The Bertz CT molecular complexity index is 2520. The maximum Gasteiger partial charge on any atom is 0 e. The molecule has 1 fully saturated rings. The monoisotopic (exact) mass is 944 g/mol. The predicted molar refractivity (Wildman–Crippen MR) is 224 cm³/mol. The first-order valence-electron chi connectivity index (χ1n) is 19.2. The van der Waals surface area contributed by atoms with E-state index in [9.17, 15) is 0 Å². The summed E-state index contributed by atoms with van der Waals surface area (Å²) in [7, 11) is 0. The Kier molecular flexibility index (Phi) is 11.3. The molecule has 9 rings (SSSR count). The second kappa shape index (κ2) is 16.8. The second-order valence-electron chi connectivity index (χ2n) is 14.9. The molecule has 0 spiro atoms. The molecule has 3 aromatic heterocycles. The van der Waals surface area contributed by atoms with Gasteiger partial charge in [0, 0.05) is 33.1 Å². The number of furan rings is 1. The van der Waals surface area contributed by atoms with Crippen LogP contribution in [0.5, 0.6) is 0 Å². The van der Waals surface area contributed by atoms with Gasteiger partial charge >= 0.3 is 135 Å². The van der Waals surface area contributed by atoms with E-state index in [1.807, 2.05) is 36.5 Å². The summed E-state index contributed by atoms with van der Waals surface area (Å²) in [5.41, 5.74) is 11.2. The molecule has 1 aliphatic carbocycles.